The quantitative estimate of drug-likeness (QED) is 0.636. The van der Waals surface area contributed by atoms with E-state index in [1.807, 2.05) is 6.92 Å². The molecule has 0 radical (unpaired) electrons. The smallest absolute Gasteiger partial charge is 0.241 e. The Morgan fingerprint density at radius 3 is 2.94 bits per heavy atom. The maximum absolute atomic E-state index is 11.7. The van der Waals surface area contributed by atoms with E-state index in [1.54, 1.807) is 24.1 Å². The van der Waals surface area contributed by atoms with Crippen molar-refractivity contribution >= 4 is 5.91 Å². The fourth-order valence-electron chi connectivity index (χ4n) is 1.52. The van der Waals surface area contributed by atoms with Crippen molar-refractivity contribution in [3.05, 3.63) is 18.0 Å². The molecule has 1 aromatic heterocycles. The molecule has 1 rings (SSSR count). The summed E-state index contributed by atoms with van der Waals surface area (Å²) in [6, 6.07) is -0.738. The van der Waals surface area contributed by atoms with Gasteiger partial charge in [0.1, 0.15) is 6.04 Å². The van der Waals surface area contributed by atoms with Crippen LogP contribution in [-0.2, 0) is 11.8 Å². The zero-order valence-corrected chi connectivity index (χ0v) is 10.3. The lowest BCUT2D eigenvalue weighted by Gasteiger charge is -2.13. The number of aryl methyl sites for hydroxylation is 1. The number of nitrogens with two attached hydrogens (primary N) is 1. The van der Waals surface area contributed by atoms with E-state index in [2.05, 4.69) is 10.4 Å². The predicted octanol–water partition coefficient (Wildman–Crippen LogP) is -0.303. The second-order valence-corrected chi connectivity index (χ2v) is 4.11. The number of carbonyl (C=O) groups is 1. The number of hydrogen-bond donors (Lipinski definition) is 3. The normalized spacial score (nSPS) is 14.4. The number of aromatic nitrogens is 2. The van der Waals surface area contributed by atoms with Crippen LogP contribution >= 0.6 is 0 Å². The van der Waals surface area contributed by atoms with Gasteiger partial charge < -0.3 is 16.2 Å². The summed E-state index contributed by atoms with van der Waals surface area (Å²) in [7, 11) is 1.76. The third-order valence-corrected chi connectivity index (χ3v) is 2.50. The molecular formula is C11H20N4O2. The number of nitrogens with zero attached hydrogens (tertiary/aromatic N) is 2. The summed E-state index contributed by atoms with van der Waals surface area (Å²) in [6.45, 7) is 2.22. The van der Waals surface area contributed by atoms with Crippen LogP contribution in [0.1, 0.15) is 31.4 Å². The van der Waals surface area contributed by atoms with E-state index in [0.29, 0.717) is 12.0 Å². The van der Waals surface area contributed by atoms with Gasteiger partial charge in [-0.1, -0.05) is 13.3 Å². The maximum Gasteiger partial charge on any atom is 0.241 e. The SMILES string of the molecule is CCCC(O)CNC(=O)C(N)c1cnn(C)c1. The molecule has 2 atom stereocenters. The van der Waals surface area contributed by atoms with Gasteiger partial charge in [-0.25, -0.2) is 0 Å². The van der Waals surface area contributed by atoms with E-state index < -0.39 is 12.1 Å². The van der Waals surface area contributed by atoms with Crippen LogP contribution < -0.4 is 11.1 Å². The van der Waals surface area contributed by atoms with E-state index in [9.17, 15) is 9.90 Å². The van der Waals surface area contributed by atoms with Gasteiger partial charge in [0.25, 0.3) is 0 Å². The van der Waals surface area contributed by atoms with Crippen LogP contribution in [-0.4, -0.2) is 33.4 Å². The average Bonchev–Trinajstić information content (AvgIpc) is 2.72. The molecule has 0 aromatic carbocycles. The Kier molecular flexibility index (Phi) is 5.11. The zero-order chi connectivity index (χ0) is 12.8. The molecule has 0 saturated carbocycles. The topological polar surface area (TPSA) is 93.2 Å². The lowest BCUT2D eigenvalue weighted by atomic mass is 10.1. The second-order valence-electron chi connectivity index (χ2n) is 4.11. The summed E-state index contributed by atoms with van der Waals surface area (Å²) < 4.78 is 1.59. The van der Waals surface area contributed by atoms with Gasteiger partial charge in [-0.05, 0) is 6.42 Å². The van der Waals surface area contributed by atoms with Crippen molar-refractivity contribution in [3.8, 4) is 0 Å². The third kappa shape index (κ3) is 4.16. The fraction of sp³-hybridized carbons (Fsp3) is 0.636. The van der Waals surface area contributed by atoms with Gasteiger partial charge in [0.05, 0.1) is 12.3 Å². The summed E-state index contributed by atoms with van der Waals surface area (Å²) >= 11 is 0. The molecule has 0 aliphatic carbocycles. The maximum atomic E-state index is 11.7. The summed E-state index contributed by atoms with van der Waals surface area (Å²) in [4.78, 5) is 11.7. The predicted molar refractivity (Wildman–Crippen MR) is 64.1 cm³/mol. The minimum Gasteiger partial charge on any atom is -0.391 e. The molecule has 0 bridgehead atoms. The average molecular weight is 240 g/mol. The molecule has 1 amide bonds. The molecule has 0 aliphatic rings. The van der Waals surface area contributed by atoms with Crippen molar-refractivity contribution < 1.29 is 9.90 Å². The van der Waals surface area contributed by atoms with Crippen molar-refractivity contribution in [1.29, 1.82) is 0 Å². The Morgan fingerprint density at radius 2 is 2.41 bits per heavy atom. The summed E-state index contributed by atoms with van der Waals surface area (Å²) in [6.07, 6.45) is 4.30. The number of nitrogens with one attached hydrogen (secondary N) is 1. The van der Waals surface area contributed by atoms with Crippen molar-refractivity contribution in [2.45, 2.75) is 31.9 Å². The van der Waals surface area contributed by atoms with Crippen LogP contribution in [0.5, 0.6) is 0 Å². The number of carbonyl (C=O) groups excluding carboxylic acids is 1. The molecule has 17 heavy (non-hydrogen) atoms. The molecule has 2 unspecified atom stereocenters. The van der Waals surface area contributed by atoms with Gasteiger partial charge in [0.15, 0.2) is 0 Å². The Hall–Kier alpha value is -1.40. The molecule has 4 N–H and O–H groups in total. The van der Waals surface area contributed by atoms with Crippen LogP contribution in [0.3, 0.4) is 0 Å². The molecule has 96 valence electrons. The molecule has 0 fully saturated rings. The number of rotatable bonds is 6. The summed E-state index contributed by atoms with van der Waals surface area (Å²) in [5, 5.41) is 16.1. The molecule has 0 saturated heterocycles. The van der Waals surface area contributed by atoms with E-state index in [-0.39, 0.29) is 12.5 Å². The van der Waals surface area contributed by atoms with E-state index in [4.69, 9.17) is 5.73 Å². The number of amides is 1. The Bertz CT molecular complexity index is 364. The molecular weight excluding hydrogens is 220 g/mol. The highest BCUT2D eigenvalue weighted by Gasteiger charge is 2.17. The van der Waals surface area contributed by atoms with Gasteiger partial charge in [-0.15, -0.1) is 0 Å². The number of hydrogen-bond acceptors (Lipinski definition) is 4. The highest BCUT2D eigenvalue weighted by atomic mass is 16.3. The van der Waals surface area contributed by atoms with Crippen LogP contribution in [0.4, 0.5) is 0 Å². The fourth-order valence-corrected chi connectivity index (χ4v) is 1.52. The van der Waals surface area contributed by atoms with Crippen LogP contribution in [0.25, 0.3) is 0 Å². The van der Waals surface area contributed by atoms with Crippen molar-refractivity contribution in [3.63, 3.8) is 0 Å². The van der Waals surface area contributed by atoms with Gasteiger partial charge in [0, 0.05) is 25.4 Å². The lowest BCUT2D eigenvalue weighted by molar-refractivity contribution is -0.123. The molecule has 0 spiro atoms. The zero-order valence-electron chi connectivity index (χ0n) is 10.3. The van der Waals surface area contributed by atoms with Gasteiger partial charge in [0.2, 0.25) is 5.91 Å². The van der Waals surface area contributed by atoms with E-state index >= 15 is 0 Å². The van der Waals surface area contributed by atoms with Gasteiger partial charge in [-0.3, -0.25) is 9.48 Å². The van der Waals surface area contributed by atoms with Crippen molar-refractivity contribution in [2.24, 2.45) is 12.8 Å². The first-order valence-corrected chi connectivity index (χ1v) is 5.74. The minimum absolute atomic E-state index is 0.237. The third-order valence-electron chi connectivity index (χ3n) is 2.50. The van der Waals surface area contributed by atoms with Gasteiger partial charge >= 0.3 is 0 Å². The lowest BCUT2D eigenvalue weighted by Crippen LogP contribution is -2.38. The van der Waals surface area contributed by atoms with Gasteiger partial charge in [-0.2, -0.15) is 5.10 Å². The Labute approximate surface area is 101 Å². The monoisotopic (exact) mass is 240 g/mol. The van der Waals surface area contributed by atoms with Crippen molar-refractivity contribution in [1.82, 2.24) is 15.1 Å². The van der Waals surface area contributed by atoms with Crippen molar-refractivity contribution in [2.75, 3.05) is 6.54 Å². The first-order valence-electron chi connectivity index (χ1n) is 5.74. The van der Waals surface area contributed by atoms with Crippen LogP contribution in [0.15, 0.2) is 12.4 Å². The highest BCUT2D eigenvalue weighted by molar-refractivity contribution is 5.82. The highest BCUT2D eigenvalue weighted by Crippen LogP contribution is 2.08. The van der Waals surface area contributed by atoms with E-state index in [1.165, 1.54) is 0 Å². The molecule has 1 aromatic rings. The Morgan fingerprint density at radius 1 is 1.71 bits per heavy atom. The summed E-state index contributed by atoms with van der Waals surface area (Å²) in [5.41, 5.74) is 6.43. The van der Waals surface area contributed by atoms with E-state index in [0.717, 1.165) is 6.42 Å². The second kappa shape index (κ2) is 6.36. The summed E-state index contributed by atoms with van der Waals surface area (Å²) in [5.74, 6) is -0.298. The minimum atomic E-state index is -0.738. The number of aliphatic hydroxyl groups excluding tert-OH is 1. The van der Waals surface area contributed by atoms with Crippen LogP contribution in [0.2, 0.25) is 0 Å². The standard InChI is InChI=1S/C11H20N4O2/c1-3-4-9(16)6-13-11(17)10(12)8-5-14-15(2)7-8/h5,7,9-10,16H,3-4,6,12H2,1-2H3,(H,13,17). The first kappa shape index (κ1) is 13.7. The largest absolute Gasteiger partial charge is 0.391 e. The Balaban J connectivity index is 2.42. The first-order chi connectivity index (χ1) is 8.04. The molecule has 0 aliphatic heterocycles. The molecule has 1 heterocycles. The van der Waals surface area contributed by atoms with Crippen LogP contribution in [0, 0.1) is 0 Å². The number of aliphatic hydroxyl groups is 1. The molecule has 6 heteroatoms. The molecule has 6 nitrogen and oxygen atoms in total.